The number of hydrogen-bond acceptors (Lipinski definition) is 3. The van der Waals surface area contributed by atoms with Crippen molar-refractivity contribution in [2.45, 2.75) is 0 Å². The largest absolute Gasteiger partial charge is 0.477 e. The summed E-state index contributed by atoms with van der Waals surface area (Å²) in [6.45, 7) is 0. The predicted molar refractivity (Wildman–Crippen MR) is 52.3 cm³/mol. The average molecular weight is 186 g/mol. The van der Waals surface area contributed by atoms with E-state index >= 15 is 0 Å². The molecule has 0 fully saturated rings. The van der Waals surface area contributed by atoms with Crippen molar-refractivity contribution in [3.05, 3.63) is 29.3 Å². The van der Waals surface area contributed by atoms with Gasteiger partial charge in [0.05, 0.1) is 0 Å². The van der Waals surface area contributed by atoms with E-state index < -0.39 is 5.97 Å². The monoisotopic (exact) mass is 186 g/mol. The number of hydrogen-bond donors (Lipinski definition) is 1. The van der Waals surface area contributed by atoms with Gasteiger partial charge in [0.1, 0.15) is 10.5 Å². The van der Waals surface area contributed by atoms with Crippen molar-refractivity contribution in [1.29, 1.82) is 0 Å². The summed E-state index contributed by atoms with van der Waals surface area (Å²) in [5, 5.41) is 11.5. The van der Waals surface area contributed by atoms with Crippen molar-refractivity contribution in [2.24, 2.45) is 0 Å². The zero-order valence-corrected chi connectivity index (χ0v) is 7.84. The quantitative estimate of drug-likeness (QED) is 0.688. The number of thiophene rings is 1. The Bertz CT molecular complexity index is 440. The van der Waals surface area contributed by atoms with Crippen LogP contribution in [0.4, 0.5) is 0 Å². The first kappa shape index (κ1) is 10.3. The van der Waals surface area contributed by atoms with Gasteiger partial charge in [0.15, 0.2) is 0 Å². The average Bonchev–Trinajstić information content (AvgIpc) is 2.49. The van der Waals surface area contributed by atoms with Crippen LogP contribution in [0.15, 0.2) is 23.6 Å². The SMILES string of the molecule is O=C(O)c1ccc2ccsc2n1.[Li]. The van der Waals surface area contributed by atoms with E-state index in [4.69, 9.17) is 5.11 Å². The Kier molecular flexibility index (Phi) is 3.10. The van der Waals surface area contributed by atoms with Gasteiger partial charge in [-0.1, -0.05) is 0 Å². The fourth-order valence-electron chi connectivity index (χ4n) is 0.963. The summed E-state index contributed by atoms with van der Waals surface area (Å²) < 4.78 is 0. The van der Waals surface area contributed by atoms with E-state index in [2.05, 4.69) is 4.98 Å². The zero-order valence-electron chi connectivity index (χ0n) is 7.02. The molecule has 0 saturated heterocycles. The number of aromatic nitrogens is 1. The van der Waals surface area contributed by atoms with Crippen LogP contribution in [0.5, 0.6) is 0 Å². The van der Waals surface area contributed by atoms with Gasteiger partial charge >= 0.3 is 5.97 Å². The van der Waals surface area contributed by atoms with Crippen molar-refractivity contribution < 1.29 is 9.90 Å². The third-order valence-corrected chi connectivity index (χ3v) is 2.36. The Morgan fingerprint density at radius 3 is 2.85 bits per heavy atom. The molecule has 61 valence electrons. The van der Waals surface area contributed by atoms with Crippen molar-refractivity contribution in [1.82, 2.24) is 4.98 Å². The summed E-state index contributed by atoms with van der Waals surface area (Å²) in [6, 6.07) is 5.19. The first-order valence-corrected chi connectivity index (χ1v) is 4.23. The van der Waals surface area contributed by atoms with Crippen molar-refractivity contribution in [3.63, 3.8) is 0 Å². The van der Waals surface area contributed by atoms with Gasteiger partial charge in [0, 0.05) is 24.2 Å². The Labute approximate surface area is 90.6 Å². The van der Waals surface area contributed by atoms with Gasteiger partial charge < -0.3 is 5.11 Å². The van der Waals surface area contributed by atoms with Gasteiger partial charge in [0.25, 0.3) is 0 Å². The van der Waals surface area contributed by atoms with Gasteiger partial charge in [-0.05, 0) is 23.6 Å². The molecule has 1 N–H and O–H groups in total. The third-order valence-electron chi connectivity index (χ3n) is 1.54. The number of fused-ring (bicyclic) bond motifs is 1. The second-order valence-corrected chi connectivity index (χ2v) is 3.21. The molecule has 0 aliphatic rings. The first-order valence-electron chi connectivity index (χ1n) is 3.35. The number of aromatic carboxylic acids is 1. The molecule has 3 nitrogen and oxygen atoms in total. The molecule has 0 spiro atoms. The molecule has 2 aromatic heterocycles. The van der Waals surface area contributed by atoms with E-state index in [-0.39, 0.29) is 24.6 Å². The minimum atomic E-state index is -0.981. The molecule has 0 aliphatic carbocycles. The Balaban J connectivity index is 0.000000845. The Morgan fingerprint density at radius 1 is 1.38 bits per heavy atom. The Morgan fingerprint density at radius 2 is 2.15 bits per heavy atom. The summed E-state index contributed by atoms with van der Waals surface area (Å²) in [6.07, 6.45) is 0. The van der Waals surface area contributed by atoms with Gasteiger partial charge in [-0.15, -0.1) is 11.3 Å². The molecule has 2 rings (SSSR count). The molecule has 0 bridgehead atoms. The van der Waals surface area contributed by atoms with Crippen LogP contribution in [0, 0.1) is 0 Å². The number of nitrogens with zero attached hydrogens (tertiary/aromatic N) is 1. The molecule has 0 aliphatic heterocycles. The maximum absolute atomic E-state index is 10.5. The Hall–Kier alpha value is -0.823. The molecule has 5 heteroatoms. The standard InChI is InChI=1S/C8H5NO2S.Li/c10-8(11)6-2-1-5-3-4-12-7(5)9-6;/h1-4H,(H,10,11);. The molecule has 2 heterocycles. The van der Waals surface area contributed by atoms with Crippen LogP contribution >= 0.6 is 11.3 Å². The summed E-state index contributed by atoms with van der Waals surface area (Å²) in [5.74, 6) is -0.981. The zero-order chi connectivity index (χ0) is 8.55. The minimum absolute atomic E-state index is 0. The number of rotatable bonds is 1. The van der Waals surface area contributed by atoms with E-state index in [0.717, 1.165) is 10.2 Å². The van der Waals surface area contributed by atoms with Crippen LogP contribution in [-0.4, -0.2) is 34.9 Å². The second kappa shape index (κ2) is 3.92. The molecule has 0 unspecified atom stereocenters. The summed E-state index contributed by atoms with van der Waals surface area (Å²) in [7, 11) is 0. The van der Waals surface area contributed by atoms with Gasteiger partial charge in [-0.25, -0.2) is 9.78 Å². The van der Waals surface area contributed by atoms with Crippen LogP contribution in [0.25, 0.3) is 10.2 Å². The predicted octanol–water partition coefficient (Wildman–Crippen LogP) is 1.61. The van der Waals surface area contributed by atoms with Crippen molar-refractivity contribution in [3.8, 4) is 0 Å². The number of carboxylic acid groups (broad SMARTS) is 1. The van der Waals surface area contributed by atoms with Crippen LogP contribution in [0.3, 0.4) is 0 Å². The molecular formula is C8H5LiNO2S. The van der Waals surface area contributed by atoms with Gasteiger partial charge in [-0.3, -0.25) is 0 Å². The van der Waals surface area contributed by atoms with E-state index in [0.29, 0.717) is 0 Å². The smallest absolute Gasteiger partial charge is 0.354 e. The number of pyridine rings is 1. The maximum Gasteiger partial charge on any atom is 0.354 e. The van der Waals surface area contributed by atoms with Crippen LogP contribution < -0.4 is 0 Å². The fourth-order valence-corrected chi connectivity index (χ4v) is 1.73. The molecular weight excluding hydrogens is 181 g/mol. The minimum Gasteiger partial charge on any atom is -0.477 e. The molecule has 1 radical (unpaired) electrons. The van der Waals surface area contributed by atoms with E-state index in [1.165, 1.54) is 17.4 Å². The number of carbonyl (C=O) groups is 1. The van der Waals surface area contributed by atoms with Gasteiger partial charge in [0.2, 0.25) is 0 Å². The summed E-state index contributed by atoms with van der Waals surface area (Å²) in [4.78, 5) is 15.2. The molecule has 0 amide bonds. The molecule has 13 heavy (non-hydrogen) atoms. The number of carboxylic acids is 1. The first-order chi connectivity index (χ1) is 5.77. The second-order valence-electron chi connectivity index (χ2n) is 2.32. The third kappa shape index (κ3) is 1.91. The molecule has 2 aromatic rings. The molecule has 0 atom stereocenters. The summed E-state index contributed by atoms with van der Waals surface area (Å²) >= 11 is 1.44. The fraction of sp³-hybridized carbons (Fsp3) is 0. The summed E-state index contributed by atoms with van der Waals surface area (Å²) in [5.41, 5.74) is 0.102. The normalized spacial score (nSPS) is 9.54. The molecule has 0 saturated carbocycles. The van der Waals surface area contributed by atoms with Crippen LogP contribution in [0.1, 0.15) is 10.5 Å². The van der Waals surface area contributed by atoms with E-state index in [9.17, 15) is 4.79 Å². The van der Waals surface area contributed by atoms with E-state index in [1.54, 1.807) is 6.07 Å². The van der Waals surface area contributed by atoms with Crippen molar-refractivity contribution in [2.75, 3.05) is 0 Å². The van der Waals surface area contributed by atoms with Gasteiger partial charge in [-0.2, -0.15) is 0 Å². The van der Waals surface area contributed by atoms with Crippen molar-refractivity contribution >= 4 is 46.4 Å². The molecule has 0 aromatic carbocycles. The van der Waals surface area contributed by atoms with Crippen LogP contribution in [0.2, 0.25) is 0 Å². The maximum atomic E-state index is 10.5. The van der Waals surface area contributed by atoms with Crippen LogP contribution in [-0.2, 0) is 0 Å². The topological polar surface area (TPSA) is 50.2 Å². The van der Waals surface area contributed by atoms with E-state index in [1.807, 2.05) is 11.4 Å².